The van der Waals surface area contributed by atoms with E-state index in [9.17, 15) is 14.4 Å². The second-order valence-corrected chi connectivity index (χ2v) is 5.98. The summed E-state index contributed by atoms with van der Waals surface area (Å²) in [5.41, 5.74) is 1.87. The molecule has 0 spiro atoms. The van der Waals surface area contributed by atoms with Crippen molar-refractivity contribution in [3.63, 3.8) is 0 Å². The lowest BCUT2D eigenvalue weighted by Crippen LogP contribution is -2.05. The van der Waals surface area contributed by atoms with Gasteiger partial charge in [0.15, 0.2) is 11.6 Å². The highest BCUT2D eigenvalue weighted by Crippen LogP contribution is 2.37. The van der Waals surface area contributed by atoms with Gasteiger partial charge in [-0.15, -0.1) is 11.3 Å². The molecule has 0 aliphatic rings. The number of carbonyl (C=O) groups is 3. The second-order valence-electron chi connectivity index (χ2n) is 4.96. The molecule has 0 radical (unpaired) electrons. The van der Waals surface area contributed by atoms with Crippen LogP contribution in [0.1, 0.15) is 63.6 Å². The quantitative estimate of drug-likeness (QED) is 0.616. The van der Waals surface area contributed by atoms with Crippen LogP contribution in [0.4, 0.5) is 0 Å². The molecule has 0 atom stereocenters. The minimum atomic E-state index is -0.399. The molecule has 0 bridgehead atoms. The second kappa shape index (κ2) is 6.40. The molecule has 0 aliphatic heterocycles. The smallest absolute Gasteiger partial charge is 0.348 e. The van der Waals surface area contributed by atoms with Crippen molar-refractivity contribution in [3.8, 4) is 0 Å². The van der Waals surface area contributed by atoms with E-state index in [1.165, 1.54) is 25.2 Å². The number of rotatable bonds is 5. The molecule has 0 fully saturated rings. The number of aryl methyl sites for hydroxylation is 1. The van der Waals surface area contributed by atoms with Crippen LogP contribution in [0.3, 0.4) is 0 Å². The van der Waals surface area contributed by atoms with E-state index in [1.807, 2.05) is 6.92 Å². The molecule has 4 nitrogen and oxygen atoms in total. The Kier molecular flexibility index (Phi) is 4.76. The highest BCUT2D eigenvalue weighted by atomic mass is 32.1. The molecule has 0 saturated heterocycles. The van der Waals surface area contributed by atoms with Gasteiger partial charge in [-0.25, -0.2) is 4.79 Å². The zero-order valence-corrected chi connectivity index (χ0v) is 13.9. The summed E-state index contributed by atoms with van der Waals surface area (Å²) in [5, 5.41) is 0.718. The molecule has 5 heteroatoms. The van der Waals surface area contributed by atoms with Crippen LogP contribution in [0.25, 0.3) is 10.1 Å². The number of fused-ring (bicyclic) bond motifs is 1. The van der Waals surface area contributed by atoms with E-state index < -0.39 is 5.97 Å². The van der Waals surface area contributed by atoms with Crippen molar-refractivity contribution in [2.45, 2.75) is 34.1 Å². The minimum absolute atomic E-state index is 0.0805. The van der Waals surface area contributed by atoms with E-state index in [0.29, 0.717) is 27.1 Å². The summed E-state index contributed by atoms with van der Waals surface area (Å²) in [7, 11) is 0. The maximum absolute atomic E-state index is 12.2. The third kappa shape index (κ3) is 2.68. The zero-order chi connectivity index (χ0) is 16.4. The summed E-state index contributed by atoms with van der Waals surface area (Å²) in [4.78, 5) is 36.4. The summed E-state index contributed by atoms with van der Waals surface area (Å²) in [5.74, 6) is -0.563. The van der Waals surface area contributed by atoms with E-state index in [-0.39, 0.29) is 18.2 Å². The Morgan fingerprint density at radius 2 is 1.64 bits per heavy atom. The number of benzene rings is 1. The minimum Gasteiger partial charge on any atom is -0.462 e. The maximum atomic E-state index is 12.2. The lowest BCUT2D eigenvalue weighted by Gasteiger charge is -2.06. The Bertz CT molecular complexity index is 771. The van der Waals surface area contributed by atoms with Gasteiger partial charge in [-0.05, 0) is 44.9 Å². The number of hydrogen-bond acceptors (Lipinski definition) is 5. The van der Waals surface area contributed by atoms with Gasteiger partial charge in [-0.3, -0.25) is 9.59 Å². The summed E-state index contributed by atoms with van der Waals surface area (Å²) >= 11 is 1.24. The molecule has 2 aromatic rings. The summed E-state index contributed by atoms with van der Waals surface area (Å²) in [6, 6.07) is 3.33. The van der Waals surface area contributed by atoms with E-state index in [4.69, 9.17) is 4.74 Å². The number of carbonyl (C=O) groups excluding carboxylic acids is 3. The van der Waals surface area contributed by atoms with Gasteiger partial charge >= 0.3 is 5.97 Å². The fraction of sp³-hybridized carbons (Fsp3) is 0.353. The SMILES string of the molecule is CCOC(=O)c1sc2c(C(C)=O)ccc(C(C)=O)c2c1CC. The fourth-order valence-electron chi connectivity index (χ4n) is 2.53. The molecule has 2 rings (SSSR count). The standard InChI is InChI=1S/C17H18O4S/c1-5-11-14-12(9(3)18)7-8-13(10(4)19)15(14)22-16(11)17(20)21-6-2/h7-8H,5-6H2,1-4H3. The summed E-state index contributed by atoms with van der Waals surface area (Å²) in [6.07, 6.45) is 0.593. The van der Waals surface area contributed by atoms with Crippen LogP contribution >= 0.6 is 11.3 Å². The van der Waals surface area contributed by atoms with Crippen molar-refractivity contribution in [3.05, 3.63) is 33.7 Å². The monoisotopic (exact) mass is 318 g/mol. The Hall–Kier alpha value is -2.01. The first-order chi connectivity index (χ1) is 10.4. The molecule has 1 aromatic heterocycles. The van der Waals surface area contributed by atoms with Crippen molar-refractivity contribution >= 4 is 39.0 Å². The van der Waals surface area contributed by atoms with Gasteiger partial charge in [-0.2, -0.15) is 0 Å². The Balaban J connectivity index is 2.88. The van der Waals surface area contributed by atoms with Crippen LogP contribution in [0.15, 0.2) is 12.1 Å². The van der Waals surface area contributed by atoms with Crippen molar-refractivity contribution in [1.29, 1.82) is 0 Å². The molecule has 0 amide bonds. The van der Waals surface area contributed by atoms with Gasteiger partial charge in [0, 0.05) is 21.2 Å². The Morgan fingerprint density at radius 3 is 2.14 bits per heavy atom. The maximum Gasteiger partial charge on any atom is 0.348 e. The van der Waals surface area contributed by atoms with Gasteiger partial charge in [0.05, 0.1) is 6.61 Å². The highest BCUT2D eigenvalue weighted by molar-refractivity contribution is 7.21. The number of ether oxygens (including phenoxy) is 1. The van der Waals surface area contributed by atoms with Crippen molar-refractivity contribution < 1.29 is 19.1 Å². The molecule has 0 N–H and O–H groups in total. The lowest BCUT2D eigenvalue weighted by molar-refractivity contribution is 0.0530. The predicted molar refractivity (Wildman–Crippen MR) is 87.2 cm³/mol. The van der Waals surface area contributed by atoms with E-state index in [0.717, 1.165) is 10.9 Å². The average Bonchev–Trinajstić information content (AvgIpc) is 2.85. The van der Waals surface area contributed by atoms with Gasteiger partial charge in [0.2, 0.25) is 0 Å². The molecule has 0 unspecified atom stereocenters. The van der Waals surface area contributed by atoms with Crippen molar-refractivity contribution in [1.82, 2.24) is 0 Å². The normalized spacial score (nSPS) is 10.7. The first-order valence-corrected chi connectivity index (χ1v) is 8.01. The van der Waals surface area contributed by atoms with Crippen molar-refractivity contribution in [2.75, 3.05) is 6.61 Å². The molecule has 116 valence electrons. The van der Waals surface area contributed by atoms with Crippen molar-refractivity contribution in [2.24, 2.45) is 0 Å². The molecule has 1 aromatic carbocycles. The number of Topliss-reactive ketones (excluding diaryl/α,β-unsaturated/α-hetero) is 2. The van der Waals surface area contributed by atoms with Gasteiger partial charge in [0.1, 0.15) is 4.88 Å². The fourth-order valence-corrected chi connectivity index (χ4v) is 3.91. The van der Waals surface area contributed by atoms with Crippen LogP contribution in [0.5, 0.6) is 0 Å². The van der Waals surface area contributed by atoms with Crippen LogP contribution in [0, 0.1) is 0 Å². The van der Waals surface area contributed by atoms with Crippen LogP contribution in [-0.4, -0.2) is 24.1 Å². The topological polar surface area (TPSA) is 60.4 Å². The number of thiophene rings is 1. The van der Waals surface area contributed by atoms with Crippen LogP contribution < -0.4 is 0 Å². The van der Waals surface area contributed by atoms with E-state index >= 15 is 0 Å². The predicted octanol–water partition coefficient (Wildman–Crippen LogP) is 4.05. The summed E-state index contributed by atoms with van der Waals surface area (Å²) in [6.45, 7) is 6.93. The molecule has 0 aliphatic carbocycles. The number of hydrogen-bond donors (Lipinski definition) is 0. The van der Waals surface area contributed by atoms with E-state index in [2.05, 4.69) is 0 Å². The number of ketones is 2. The average molecular weight is 318 g/mol. The Morgan fingerprint density at radius 1 is 1.05 bits per heavy atom. The third-order valence-corrected chi connectivity index (χ3v) is 4.76. The molecular formula is C17H18O4S. The molecular weight excluding hydrogens is 300 g/mol. The Labute approximate surface area is 133 Å². The van der Waals surface area contributed by atoms with Gasteiger partial charge < -0.3 is 4.74 Å². The molecule has 1 heterocycles. The van der Waals surface area contributed by atoms with Gasteiger partial charge in [0.25, 0.3) is 0 Å². The molecule has 0 saturated carbocycles. The largest absolute Gasteiger partial charge is 0.462 e. The highest BCUT2D eigenvalue weighted by Gasteiger charge is 2.24. The number of esters is 1. The van der Waals surface area contributed by atoms with E-state index in [1.54, 1.807) is 19.1 Å². The lowest BCUT2D eigenvalue weighted by atomic mass is 9.97. The third-order valence-electron chi connectivity index (χ3n) is 3.51. The first kappa shape index (κ1) is 16.4. The first-order valence-electron chi connectivity index (χ1n) is 7.19. The zero-order valence-electron chi connectivity index (χ0n) is 13.1. The van der Waals surface area contributed by atoms with Crippen LogP contribution in [0.2, 0.25) is 0 Å². The van der Waals surface area contributed by atoms with Crippen LogP contribution in [-0.2, 0) is 11.2 Å². The summed E-state index contributed by atoms with van der Waals surface area (Å²) < 4.78 is 5.80. The van der Waals surface area contributed by atoms with Gasteiger partial charge in [-0.1, -0.05) is 6.92 Å². The molecule has 22 heavy (non-hydrogen) atoms.